The van der Waals surface area contributed by atoms with Gasteiger partial charge >= 0.3 is 12.3 Å². The first-order valence-corrected chi connectivity index (χ1v) is 13.8. The van der Waals surface area contributed by atoms with E-state index >= 15 is 0 Å². The molecule has 1 fully saturated rings. The first-order valence-electron chi connectivity index (χ1n) is 13.0. The number of carbonyl (C=O) groups is 1. The van der Waals surface area contributed by atoms with Gasteiger partial charge in [0, 0.05) is 34.7 Å². The van der Waals surface area contributed by atoms with Crippen molar-refractivity contribution >= 4 is 35.0 Å². The van der Waals surface area contributed by atoms with Crippen LogP contribution in [-0.2, 0) is 14.9 Å². The molecule has 2 unspecified atom stereocenters. The van der Waals surface area contributed by atoms with Gasteiger partial charge < -0.3 is 14.4 Å². The summed E-state index contributed by atoms with van der Waals surface area (Å²) in [5.41, 5.74) is 2.60. The number of nitrogens with zero attached hydrogens (tertiary/aromatic N) is 2. The number of ether oxygens (including phenoxy) is 2. The molecule has 1 amide bonds. The van der Waals surface area contributed by atoms with Crippen LogP contribution >= 0.6 is 23.2 Å². The van der Waals surface area contributed by atoms with E-state index in [4.69, 9.17) is 32.7 Å². The van der Waals surface area contributed by atoms with Crippen molar-refractivity contribution in [2.45, 2.75) is 69.3 Å². The Bertz CT molecular complexity index is 1210. The molecule has 1 N–H and O–H groups in total. The number of rotatable bonds is 6. The van der Waals surface area contributed by atoms with Crippen molar-refractivity contribution < 1.29 is 31.8 Å². The molecule has 2 aromatic rings. The highest BCUT2D eigenvalue weighted by atomic mass is 35.5. The summed E-state index contributed by atoms with van der Waals surface area (Å²) in [6.45, 7) is 6.88. The highest BCUT2D eigenvalue weighted by Gasteiger charge is 2.41. The molecule has 2 aromatic carbocycles. The van der Waals surface area contributed by atoms with E-state index in [0.717, 1.165) is 10.6 Å². The fourth-order valence-corrected chi connectivity index (χ4v) is 5.69. The number of amides is 1. The number of hydrogen-bond acceptors (Lipinski definition) is 5. The summed E-state index contributed by atoms with van der Waals surface area (Å²) in [5, 5.41) is 1.30. The number of halogens is 6. The highest BCUT2D eigenvalue weighted by molar-refractivity contribution is 6.31. The quantitative estimate of drug-likeness (QED) is 0.208. The lowest BCUT2D eigenvalue weighted by atomic mass is 9.73. The molecule has 2 aliphatic rings. The van der Waals surface area contributed by atoms with E-state index in [-0.39, 0.29) is 18.1 Å². The Morgan fingerprint density at radius 2 is 1.77 bits per heavy atom. The van der Waals surface area contributed by atoms with E-state index in [2.05, 4.69) is 5.43 Å². The van der Waals surface area contributed by atoms with Crippen LogP contribution in [0.5, 0.6) is 0 Å². The van der Waals surface area contributed by atoms with E-state index in [9.17, 15) is 22.4 Å². The molecular formula is C28H33Cl2F4N3O3. The number of hydrogen-bond donors (Lipinski definition) is 1. The average Bonchev–Trinajstić information content (AvgIpc) is 3.14. The van der Waals surface area contributed by atoms with Gasteiger partial charge in [-0.1, -0.05) is 35.3 Å². The third-order valence-corrected chi connectivity index (χ3v) is 7.71. The van der Waals surface area contributed by atoms with Crippen LogP contribution < -0.4 is 10.4 Å². The summed E-state index contributed by atoms with van der Waals surface area (Å²) in [6.07, 6.45) is -4.50. The second kappa shape index (κ2) is 11.5. The topological polar surface area (TPSA) is 54.0 Å². The summed E-state index contributed by atoms with van der Waals surface area (Å²) in [6, 6.07) is 9.30. The zero-order valence-electron chi connectivity index (χ0n) is 22.7. The molecule has 2 atom stereocenters. The predicted octanol–water partition coefficient (Wildman–Crippen LogP) is 7.65. The largest absolute Gasteiger partial charge is 0.444 e. The molecule has 0 aliphatic carbocycles. The van der Waals surface area contributed by atoms with Crippen LogP contribution in [0, 0.1) is 5.82 Å². The Labute approximate surface area is 241 Å². The number of fused-ring (bicyclic) bond motifs is 1. The van der Waals surface area contributed by atoms with Gasteiger partial charge in [0.1, 0.15) is 23.5 Å². The van der Waals surface area contributed by atoms with Gasteiger partial charge in [0.05, 0.1) is 18.4 Å². The summed E-state index contributed by atoms with van der Waals surface area (Å²) >= 11 is 12.6. The van der Waals surface area contributed by atoms with Crippen molar-refractivity contribution in [2.75, 3.05) is 31.3 Å². The molecule has 12 heteroatoms. The SMILES string of the molecule is CC(OCC1(c2ccc(F)cc2)CCN(C(=O)OC(C)(C)C)CC1)c1cc(Cl)cc2c1N(CC(F)(F)F)NC2Cl. The Morgan fingerprint density at radius 3 is 2.35 bits per heavy atom. The third-order valence-electron chi connectivity index (χ3n) is 7.16. The van der Waals surface area contributed by atoms with E-state index < -0.39 is 41.4 Å². The number of carbonyl (C=O) groups excluding carboxylic acids is 1. The van der Waals surface area contributed by atoms with Crippen molar-refractivity contribution in [1.29, 1.82) is 0 Å². The minimum atomic E-state index is -4.47. The van der Waals surface area contributed by atoms with Crippen LogP contribution in [0.1, 0.15) is 68.8 Å². The molecule has 220 valence electrons. The maximum Gasteiger partial charge on any atom is 0.410 e. The van der Waals surface area contributed by atoms with Crippen molar-refractivity contribution in [3.63, 3.8) is 0 Å². The van der Waals surface area contributed by atoms with Crippen molar-refractivity contribution in [3.05, 3.63) is 63.9 Å². The van der Waals surface area contributed by atoms with Gasteiger partial charge in [0.25, 0.3) is 0 Å². The number of benzene rings is 2. The molecule has 2 aliphatic heterocycles. The summed E-state index contributed by atoms with van der Waals surface area (Å²) in [4.78, 5) is 14.3. The number of nitrogens with one attached hydrogen (secondary N) is 1. The predicted molar refractivity (Wildman–Crippen MR) is 146 cm³/mol. The maximum absolute atomic E-state index is 13.8. The molecular weight excluding hydrogens is 573 g/mol. The van der Waals surface area contributed by atoms with Crippen LogP contribution in [0.4, 0.5) is 28.0 Å². The van der Waals surface area contributed by atoms with Gasteiger partial charge in [-0.3, -0.25) is 5.01 Å². The monoisotopic (exact) mass is 605 g/mol. The lowest BCUT2D eigenvalue weighted by Crippen LogP contribution is -2.48. The van der Waals surface area contributed by atoms with Crippen LogP contribution in [-0.4, -0.2) is 49.0 Å². The second-order valence-electron chi connectivity index (χ2n) is 11.3. The third kappa shape index (κ3) is 7.13. The van der Waals surface area contributed by atoms with Crippen LogP contribution in [0.3, 0.4) is 0 Å². The fraction of sp³-hybridized carbons (Fsp3) is 0.536. The summed E-state index contributed by atoms with van der Waals surface area (Å²) in [5.74, 6) is -0.373. The van der Waals surface area contributed by atoms with E-state index in [1.165, 1.54) is 12.1 Å². The molecule has 1 saturated heterocycles. The molecule has 2 heterocycles. The van der Waals surface area contributed by atoms with Crippen molar-refractivity contribution in [1.82, 2.24) is 10.3 Å². The molecule has 6 nitrogen and oxygen atoms in total. The molecule has 0 spiro atoms. The molecule has 4 rings (SSSR count). The van der Waals surface area contributed by atoms with Crippen LogP contribution in [0.2, 0.25) is 5.02 Å². The van der Waals surface area contributed by atoms with Crippen LogP contribution in [0.25, 0.3) is 0 Å². The Balaban J connectivity index is 1.58. The van der Waals surface area contributed by atoms with Gasteiger partial charge in [0.15, 0.2) is 0 Å². The Kier molecular flexibility index (Phi) is 8.86. The zero-order valence-corrected chi connectivity index (χ0v) is 24.3. The fourth-order valence-electron chi connectivity index (χ4n) is 5.17. The smallest absolute Gasteiger partial charge is 0.410 e. The van der Waals surface area contributed by atoms with Gasteiger partial charge in [0.2, 0.25) is 0 Å². The minimum absolute atomic E-state index is 0.181. The van der Waals surface area contributed by atoms with Gasteiger partial charge in [-0.2, -0.15) is 13.2 Å². The lowest BCUT2D eigenvalue weighted by molar-refractivity contribution is -0.120. The van der Waals surface area contributed by atoms with Crippen molar-refractivity contribution in [2.24, 2.45) is 0 Å². The first-order chi connectivity index (χ1) is 18.6. The van der Waals surface area contributed by atoms with E-state index in [1.807, 2.05) is 0 Å². The van der Waals surface area contributed by atoms with Crippen molar-refractivity contribution in [3.8, 4) is 0 Å². The normalized spacial score (nSPS) is 19.9. The number of piperidine rings is 1. The average molecular weight is 606 g/mol. The van der Waals surface area contributed by atoms with E-state index in [1.54, 1.807) is 56.9 Å². The second-order valence-corrected chi connectivity index (χ2v) is 12.2. The number of alkyl halides is 4. The maximum atomic E-state index is 13.8. The lowest BCUT2D eigenvalue weighted by Gasteiger charge is -2.42. The Morgan fingerprint density at radius 1 is 1.15 bits per heavy atom. The first kappa shape index (κ1) is 30.7. The number of likely N-dealkylation sites (tertiary alicyclic amines) is 1. The zero-order chi connectivity index (χ0) is 29.5. The standard InChI is InChI=1S/C28H33Cl2F4N3O3/c1-17(21-13-19(29)14-22-23(21)37(35-24(22)30)15-28(32,33)34)39-16-27(18-5-7-20(31)8-6-18)9-11-36(12-10-27)25(38)40-26(2,3)4/h5-8,13-14,17,24,35H,9-12,15-16H2,1-4H3. The molecule has 0 saturated carbocycles. The molecule has 40 heavy (non-hydrogen) atoms. The highest BCUT2D eigenvalue weighted by Crippen LogP contribution is 2.45. The van der Waals surface area contributed by atoms with Gasteiger partial charge in [-0.05, 0) is 70.4 Å². The summed E-state index contributed by atoms with van der Waals surface area (Å²) < 4.78 is 65.7. The van der Waals surface area contributed by atoms with E-state index in [0.29, 0.717) is 42.1 Å². The van der Waals surface area contributed by atoms with Gasteiger partial charge in [-0.25, -0.2) is 14.6 Å². The van der Waals surface area contributed by atoms with Crippen LogP contribution in [0.15, 0.2) is 36.4 Å². The molecule has 0 radical (unpaired) electrons. The minimum Gasteiger partial charge on any atom is -0.444 e. The molecule has 0 bridgehead atoms. The van der Waals surface area contributed by atoms with Gasteiger partial charge in [-0.15, -0.1) is 0 Å². The molecule has 0 aromatic heterocycles. The number of hydrazine groups is 1. The summed E-state index contributed by atoms with van der Waals surface area (Å²) in [7, 11) is 0. The number of anilines is 1. The Hall–Kier alpha value is -2.27.